The average Bonchev–Trinajstić information content (AvgIpc) is 2.98. The molecule has 0 saturated carbocycles. The van der Waals surface area contributed by atoms with Crippen molar-refractivity contribution in [3.63, 3.8) is 0 Å². The number of aromatic nitrogens is 2. The Kier molecular flexibility index (Phi) is 4.31. The van der Waals surface area contributed by atoms with Crippen LogP contribution in [0.4, 0.5) is 13.9 Å². The number of anilines is 1. The first-order valence-corrected chi connectivity index (χ1v) is 7.62. The molecule has 0 unspecified atom stereocenters. The highest BCUT2D eigenvalue weighted by molar-refractivity contribution is 7.14. The molecule has 0 aliphatic rings. The van der Waals surface area contributed by atoms with Crippen LogP contribution in [0, 0.1) is 11.6 Å². The Morgan fingerprint density at radius 2 is 2.04 bits per heavy atom. The van der Waals surface area contributed by atoms with Gasteiger partial charge in [0.05, 0.1) is 5.69 Å². The first-order chi connectivity index (χ1) is 11.0. The summed E-state index contributed by atoms with van der Waals surface area (Å²) in [5.74, 6) is -1.65. The van der Waals surface area contributed by atoms with Crippen molar-refractivity contribution >= 4 is 34.0 Å². The molecule has 1 N–H and O–H groups in total. The molecule has 3 aromatic rings. The van der Waals surface area contributed by atoms with Crippen LogP contribution in [0.5, 0.6) is 0 Å². The Balaban J connectivity index is 1.82. The van der Waals surface area contributed by atoms with E-state index in [-0.39, 0.29) is 22.1 Å². The molecule has 1 aromatic carbocycles. The van der Waals surface area contributed by atoms with Crippen LogP contribution in [-0.2, 0) is 0 Å². The van der Waals surface area contributed by atoms with Crippen LogP contribution >= 0.6 is 22.9 Å². The van der Waals surface area contributed by atoms with Gasteiger partial charge in [-0.15, -0.1) is 11.3 Å². The summed E-state index contributed by atoms with van der Waals surface area (Å²) in [7, 11) is 0. The van der Waals surface area contributed by atoms with E-state index in [1.54, 1.807) is 6.07 Å². The van der Waals surface area contributed by atoms with E-state index < -0.39 is 17.5 Å². The minimum Gasteiger partial charge on any atom is -0.296 e. The molecule has 4 nitrogen and oxygen atoms in total. The summed E-state index contributed by atoms with van der Waals surface area (Å²) in [6.07, 6.45) is 1.41. The van der Waals surface area contributed by atoms with Crippen LogP contribution in [0.1, 0.15) is 10.5 Å². The minimum absolute atomic E-state index is 0.0302. The highest BCUT2D eigenvalue weighted by atomic mass is 35.5. The number of carbonyl (C=O) groups excluding carboxylic acids is 1. The zero-order valence-corrected chi connectivity index (χ0v) is 13.0. The number of thiazole rings is 1. The molecule has 0 bridgehead atoms. The zero-order valence-electron chi connectivity index (χ0n) is 11.4. The van der Waals surface area contributed by atoms with Gasteiger partial charge in [0, 0.05) is 22.2 Å². The SMILES string of the molecule is O=C(Nc1nc(-c2cc(F)ccc2F)cs1)c1cc(Cl)ccn1. The van der Waals surface area contributed by atoms with Crippen molar-refractivity contribution in [2.75, 3.05) is 5.32 Å². The van der Waals surface area contributed by atoms with Crippen LogP contribution in [0.3, 0.4) is 0 Å². The lowest BCUT2D eigenvalue weighted by atomic mass is 10.1. The van der Waals surface area contributed by atoms with Crippen LogP contribution in [0.15, 0.2) is 41.9 Å². The van der Waals surface area contributed by atoms with Crippen LogP contribution < -0.4 is 5.32 Å². The summed E-state index contributed by atoms with van der Waals surface area (Å²) in [6, 6.07) is 6.07. The fraction of sp³-hybridized carbons (Fsp3) is 0. The molecular formula is C15H8ClF2N3OS. The van der Waals surface area contributed by atoms with E-state index in [0.717, 1.165) is 29.5 Å². The fourth-order valence-electron chi connectivity index (χ4n) is 1.84. The largest absolute Gasteiger partial charge is 0.296 e. The summed E-state index contributed by atoms with van der Waals surface area (Å²) in [5.41, 5.74) is 0.398. The zero-order chi connectivity index (χ0) is 16.4. The molecule has 8 heteroatoms. The molecule has 23 heavy (non-hydrogen) atoms. The van der Waals surface area contributed by atoms with Gasteiger partial charge in [0.2, 0.25) is 0 Å². The standard InChI is InChI=1S/C15H8ClF2N3OS/c16-8-3-4-19-12(5-8)14(22)21-15-20-13(7-23-15)10-6-9(17)1-2-11(10)18/h1-7H,(H,20,21,22). The molecule has 2 aromatic heterocycles. The van der Waals surface area contributed by atoms with Crippen molar-refractivity contribution < 1.29 is 13.6 Å². The topological polar surface area (TPSA) is 54.9 Å². The van der Waals surface area contributed by atoms with E-state index in [4.69, 9.17) is 11.6 Å². The Labute approximate surface area is 138 Å². The van der Waals surface area contributed by atoms with Crippen molar-refractivity contribution in [2.24, 2.45) is 0 Å². The first-order valence-electron chi connectivity index (χ1n) is 6.37. The number of halogens is 3. The molecule has 0 aliphatic heterocycles. The van der Waals surface area contributed by atoms with E-state index in [1.807, 2.05) is 0 Å². The van der Waals surface area contributed by atoms with Gasteiger partial charge in [-0.2, -0.15) is 0 Å². The van der Waals surface area contributed by atoms with Gasteiger partial charge < -0.3 is 0 Å². The number of nitrogens with one attached hydrogen (secondary N) is 1. The fourth-order valence-corrected chi connectivity index (χ4v) is 2.70. The number of rotatable bonds is 3. The quantitative estimate of drug-likeness (QED) is 0.761. The number of pyridine rings is 1. The smallest absolute Gasteiger partial charge is 0.276 e. The van der Waals surface area contributed by atoms with Gasteiger partial charge >= 0.3 is 0 Å². The van der Waals surface area contributed by atoms with Crippen molar-refractivity contribution in [2.45, 2.75) is 0 Å². The summed E-state index contributed by atoms with van der Waals surface area (Å²) >= 11 is 6.89. The van der Waals surface area contributed by atoms with Crippen molar-refractivity contribution in [3.05, 3.63) is 64.3 Å². The summed E-state index contributed by atoms with van der Waals surface area (Å²) in [6.45, 7) is 0. The second-order valence-corrected chi connectivity index (χ2v) is 5.77. The van der Waals surface area contributed by atoms with Crippen LogP contribution in [-0.4, -0.2) is 15.9 Å². The number of benzene rings is 1. The van der Waals surface area contributed by atoms with Gasteiger partial charge in [-0.25, -0.2) is 13.8 Å². The monoisotopic (exact) mass is 351 g/mol. The van der Waals surface area contributed by atoms with Gasteiger partial charge in [-0.05, 0) is 30.3 Å². The van der Waals surface area contributed by atoms with Gasteiger partial charge in [-0.3, -0.25) is 15.1 Å². The number of hydrogen-bond acceptors (Lipinski definition) is 4. The summed E-state index contributed by atoms with van der Waals surface area (Å²) in [5, 5.41) is 4.69. The molecule has 0 atom stereocenters. The molecule has 0 saturated heterocycles. The maximum Gasteiger partial charge on any atom is 0.276 e. The maximum absolute atomic E-state index is 13.7. The third-order valence-electron chi connectivity index (χ3n) is 2.88. The average molecular weight is 352 g/mol. The Hall–Kier alpha value is -2.38. The predicted molar refractivity (Wildman–Crippen MR) is 84.7 cm³/mol. The normalized spacial score (nSPS) is 10.6. The minimum atomic E-state index is -0.592. The number of nitrogens with zero attached hydrogens (tertiary/aromatic N) is 2. The molecule has 3 rings (SSSR count). The lowest BCUT2D eigenvalue weighted by Gasteiger charge is -2.01. The second-order valence-electron chi connectivity index (χ2n) is 4.48. The van der Waals surface area contributed by atoms with Gasteiger partial charge in [0.25, 0.3) is 5.91 Å². The van der Waals surface area contributed by atoms with E-state index in [0.29, 0.717) is 5.02 Å². The van der Waals surface area contributed by atoms with E-state index in [1.165, 1.54) is 17.6 Å². The molecular weight excluding hydrogens is 344 g/mol. The van der Waals surface area contributed by atoms with Crippen molar-refractivity contribution in [3.8, 4) is 11.3 Å². The van der Waals surface area contributed by atoms with E-state index in [9.17, 15) is 13.6 Å². The van der Waals surface area contributed by atoms with Crippen molar-refractivity contribution in [1.29, 1.82) is 0 Å². The van der Waals surface area contributed by atoms with E-state index in [2.05, 4.69) is 15.3 Å². The molecule has 0 spiro atoms. The van der Waals surface area contributed by atoms with Gasteiger partial charge in [0.15, 0.2) is 5.13 Å². The molecule has 1 amide bonds. The van der Waals surface area contributed by atoms with Gasteiger partial charge in [-0.1, -0.05) is 11.6 Å². The summed E-state index contributed by atoms with van der Waals surface area (Å²) in [4.78, 5) is 20.0. The lowest BCUT2D eigenvalue weighted by Crippen LogP contribution is -2.13. The number of hydrogen-bond donors (Lipinski definition) is 1. The van der Waals surface area contributed by atoms with Crippen LogP contribution in [0.25, 0.3) is 11.3 Å². The Morgan fingerprint density at radius 3 is 2.83 bits per heavy atom. The van der Waals surface area contributed by atoms with E-state index >= 15 is 0 Å². The Bertz CT molecular complexity index is 885. The molecule has 2 heterocycles. The van der Waals surface area contributed by atoms with Crippen LogP contribution in [0.2, 0.25) is 5.02 Å². The third-order valence-corrected chi connectivity index (χ3v) is 3.88. The highest BCUT2D eigenvalue weighted by Crippen LogP contribution is 2.27. The highest BCUT2D eigenvalue weighted by Gasteiger charge is 2.14. The first kappa shape index (κ1) is 15.5. The maximum atomic E-state index is 13.7. The lowest BCUT2D eigenvalue weighted by molar-refractivity contribution is 0.102. The molecule has 0 aliphatic carbocycles. The second kappa shape index (κ2) is 6.39. The molecule has 0 fully saturated rings. The number of amides is 1. The Morgan fingerprint density at radius 1 is 1.22 bits per heavy atom. The van der Waals surface area contributed by atoms with Crippen molar-refractivity contribution in [1.82, 2.24) is 9.97 Å². The molecule has 0 radical (unpaired) electrons. The third kappa shape index (κ3) is 3.52. The number of carbonyl (C=O) groups is 1. The predicted octanol–water partition coefficient (Wildman–Crippen LogP) is 4.39. The summed E-state index contributed by atoms with van der Waals surface area (Å²) < 4.78 is 26.9. The molecule has 116 valence electrons. The van der Waals surface area contributed by atoms with Gasteiger partial charge in [0.1, 0.15) is 17.3 Å².